The monoisotopic (exact) mass is 700 g/mol. The second-order valence-corrected chi connectivity index (χ2v) is 15.2. The fourth-order valence-electron chi connectivity index (χ4n) is 6.88. The van der Waals surface area contributed by atoms with Crippen molar-refractivity contribution in [2.24, 2.45) is 17.3 Å². The highest BCUT2D eigenvalue weighted by molar-refractivity contribution is 7.73. The van der Waals surface area contributed by atoms with Crippen LogP contribution in [0.4, 0.5) is 5.69 Å². The van der Waals surface area contributed by atoms with Crippen LogP contribution in [0, 0.1) is 17.3 Å². The SMILES string of the molecule is COC(=O)c1ccc(NC(=O)C[C@@]2(C)C[C@H](c3cccc(Cl)c3)[C@@H](c3ccc(Cl)cc3)N([C@@H](C(C)C)C(C(C)C)[SH](=O)=O)C2=O)cc1. The molecule has 0 aliphatic carbocycles. The lowest BCUT2D eigenvalue weighted by molar-refractivity contribution is -0.158. The quantitative estimate of drug-likeness (QED) is 0.158. The summed E-state index contributed by atoms with van der Waals surface area (Å²) in [5.41, 5.74) is 1.26. The van der Waals surface area contributed by atoms with Gasteiger partial charge in [0, 0.05) is 28.1 Å². The Labute approximate surface area is 288 Å². The first kappa shape index (κ1) is 36.4. The molecule has 0 aromatic heterocycles. The first-order valence-corrected chi connectivity index (χ1v) is 17.6. The fraction of sp³-hybridized carbons (Fsp3) is 0.417. The number of likely N-dealkylation sites (tertiary alicyclic amines) is 1. The highest BCUT2D eigenvalue weighted by Gasteiger charge is 2.54. The average Bonchev–Trinajstić information content (AvgIpc) is 3.01. The molecule has 3 aromatic carbocycles. The summed E-state index contributed by atoms with van der Waals surface area (Å²) in [6, 6.07) is 19.7. The van der Waals surface area contributed by atoms with Gasteiger partial charge in [-0.05, 0) is 77.9 Å². The van der Waals surface area contributed by atoms with Gasteiger partial charge in [0.2, 0.25) is 11.8 Å². The number of amides is 2. The van der Waals surface area contributed by atoms with Gasteiger partial charge in [-0.3, -0.25) is 9.59 Å². The van der Waals surface area contributed by atoms with Crippen molar-refractivity contribution < 1.29 is 27.5 Å². The van der Waals surface area contributed by atoms with E-state index in [1.807, 2.05) is 58.0 Å². The summed E-state index contributed by atoms with van der Waals surface area (Å²) in [6.45, 7) is 9.33. The average molecular weight is 702 g/mol. The maximum Gasteiger partial charge on any atom is 0.337 e. The number of methoxy groups -OCH3 is 1. The highest BCUT2D eigenvalue weighted by atomic mass is 35.5. The lowest BCUT2D eigenvalue weighted by Gasteiger charge is -2.54. The predicted molar refractivity (Wildman–Crippen MR) is 187 cm³/mol. The number of nitrogens with one attached hydrogen (secondary N) is 1. The summed E-state index contributed by atoms with van der Waals surface area (Å²) in [7, 11) is -1.63. The van der Waals surface area contributed by atoms with Crippen LogP contribution < -0.4 is 5.32 Å². The van der Waals surface area contributed by atoms with Crippen molar-refractivity contribution in [3.8, 4) is 0 Å². The van der Waals surface area contributed by atoms with Gasteiger partial charge in [0.15, 0.2) is 0 Å². The molecule has 11 heteroatoms. The van der Waals surface area contributed by atoms with E-state index in [9.17, 15) is 18.0 Å². The Morgan fingerprint density at radius 3 is 2.11 bits per heavy atom. The van der Waals surface area contributed by atoms with E-state index in [-0.39, 0.29) is 30.1 Å². The Morgan fingerprint density at radius 2 is 1.57 bits per heavy atom. The van der Waals surface area contributed by atoms with E-state index in [4.69, 9.17) is 27.9 Å². The molecular weight excluding hydrogens is 659 g/mol. The van der Waals surface area contributed by atoms with Gasteiger partial charge in [-0.1, -0.05) is 82.1 Å². The number of piperidine rings is 1. The van der Waals surface area contributed by atoms with Gasteiger partial charge in [-0.25, -0.2) is 13.2 Å². The molecule has 0 spiro atoms. The van der Waals surface area contributed by atoms with Gasteiger partial charge in [-0.2, -0.15) is 0 Å². The van der Waals surface area contributed by atoms with Gasteiger partial charge >= 0.3 is 5.97 Å². The topological polar surface area (TPSA) is 110 Å². The number of anilines is 1. The number of ether oxygens (including phenoxy) is 1. The van der Waals surface area contributed by atoms with Crippen LogP contribution in [0.15, 0.2) is 72.8 Å². The number of nitrogens with zero attached hydrogens (tertiary/aromatic N) is 1. The summed E-state index contributed by atoms with van der Waals surface area (Å²) in [4.78, 5) is 42.3. The number of carbonyl (C=O) groups excluding carboxylic acids is 3. The van der Waals surface area contributed by atoms with Crippen molar-refractivity contribution in [3.63, 3.8) is 0 Å². The van der Waals surface area contributed by atoms with E-state index < -0.39 is 45.3 Å². The molecule has 0 saturated carbocycles. The van der Waals surface area contributed by atoms with E-state index in [2.05, 4.69) is 5.32 Å². The summed E-state index contributed by atoms with van der Waals surface area (Å²) < 4.78 is 30.6. The maximum atomic E-state index is 15.0. The van der Waals surface area contributed by atoms with Gasteiger partial charge in [0.05, 0.1) is 35.4 Å². The van der Waals surface area contributed by atoms with Crippen molar-refractivity contribution in [1.82, 2.24) is 4.90 Å². The van der Waals surface area contributed by atoms with Gasteiger partial charge < -0.3 is 15.0 Å². The number of thiol groups is 1. The molecule has 5 atom stereocenters. The van der Waals surface area contributed by atoms with Crippen LogP contribution in [0.5, 0.6) is 0 Å². The summed E-state index contributed by atoms with van der Waals surface area (Å²) >= 11 is 12.8. The van der Waals surface area contributed by atoms with E-state index in [1.165, 1.54) is 7.11 Å². The zero-order valence-corrected chi connectivity index (χ0v) is 29.8. The van der Waals surface area contributed by atoms with Crippen LogP contribution in [-0.4, -0.2) is 49.5 Å². The van der Waals surface area contributed by atoms with Crippen LogP contribution in [0.3, 0.4) is 0 Å². The zero-order chi connectivity index (χ0) is 34.6. The van der Waals surface area contributed by atoms with Crippen molar-refractivity contribution >= 4 is 57.4 Å². The molecule has 3 aromatic rings. The third-order valence-electron chi connectivity index (χ3n) is 9.01. The van der Waals surface area contributed by atoms with Crippen molar-refractivity contribution in [3.05, 3.63) is 99.5 Å². The number of hydrogen-bond acceptors (Lipinski definition) is 6. The van der Waals surface area contributed by atoms with E-state index >= 15 is 4.79 Å². The Morgan fingerprint density at radius 1 is 0.936 bits per heavy atom. The number of hydrogen-bond donors (Lipinski definition) is 2. The molecular formula is C36H42Cl2N2O6S. The van der Waals surface area contributed by atoms with Gasteiger partial charge in [0.25, 0.3) is 0 Å². The standard InChI is InChI=1S/C36H42Cl2N2O6S/c1-21(2)31(33(22(3)4)47(44)45)40-32(23-10-14-26(37)15-11-23)29(25-8-7-9-27(38)18-25)19-36(5,35(40)43)20-30(41)39-28-16-12-24(13-17-28)34(42)46-6/h7-18,21-22,29,31-33,47H,19-20H2,1-6H3,(H,39,41)/t29-,31+,32-,33?,36-/m1/s1. The number of halogens is 2. The first-order chi connectivity index (χ1) is 22.2. The van der Waals surface area contributed by atoms with Crippen LogP contribution >= 0.6 is 23.2 Å². The van der Waals surface area contributed by atoms with Crippen LogP contribution in [0.1, 0.15) is 80.9 Å². The Bertz CT molecular complexity index is 1670. The number of carbonyl (C=O) groups is 3. The predicted octanol–water partition coefficient (Wildman–Crippen LogP) is 7.53. The molecule has 1 N–H and O–H groups in total. The maximum absolute atomic E-state index is 15.0. The lowest BCUT2D eigenvalue weighted by atomic mass is 9.66. The van der Waals surface area contributed by atoms with E-state index in [0.717, 1.165) is 11.1 Å². The number of esters is 1. The zero-order valence-electron chi connectivity index (χ0n) is 27.4. The molecule has 0 bridgehead atoms. The van der Waals surface area contributed by atoms with Crippen molar-refractivity contribution in [2.75, 3.05) is 12.4 Å². The normalized spacial score (nSPS) is 21.2. The summed E-state index contributed by atoms with van der Waals surface area (Å²) in [6.07, 6.45) is 0.136. The molecule has 2 amide bonds. The Balaban J connectivity index is 1.86. The largest absolute Gasteiger partial charge is 0.465 e. The number of rotatable bonds is 11. The van der Waals surface area contributed by atoms with E-state index in [1.54, 1.807) is 54.3 Å². The first-order valence-electron chi connectivity index (χ1n) is 15.6. The molecule has 1 aliphatic heterocycles. The second-order valence-electron chi connectivity index (χ2n) is 13.2. The minimum absolute atomic E-state index is 0.161. The Kier molecular flexibility index (Phi) is 11.8. The molecule has 252 valence electrons. The molecule has 8 nitrogen and oxygen atoms in total. The molecule has 1 unspecified atom stereocenters. The van der Waals surface area contributed by atoms with Gasteiger partial charge in [0.1, 0.15) is 10.7 Å². The molecule has 1 saturated heterocycles. The number of benzene rings is 3. The van der Waals surface area contributed by atoms with Crippen LogP contribution in [0.2, 0.25) is 10.0 Å². The molecule has 0 radical (unpaired) electrons. The molecule has 4 rings (SSSR count). The van der Waals surface area contributed by atoms with Crippen LogP contribution in [0.25, 0.3) is 0 Å². The van der Waals surface area contributed by atoms with Crippen molar-refractivity contribution in [2.45, 2.75) is 70.7 Å². The van der Waals surface area contributed by atoms with Crippen molar-refractivity contribution in [1.29, 1.82) is 0 Å². The fourth-order valence-corrected chi connectivity index (χ4v) is 8.43. The summed E-state index contributed by atoms with van der Waals surface area (Å²) in [5.74, 6) is -2.05. The third kappa shape index (κ3) is 8.19. The molecule has 47 heavy (non-hydrogen) atoms. The smallest absolute Gasteiger partial charge is 0.337 e. The lowest BCUT2D eigenvalue weighted by Crippen LogP contribution is -2.61. The molecule has 1 heterocycles. The van der Waals surface area contributed by atoms with E-state index in [0.29, 0.717) is 27.7 Å². The second kappa shape index (κ2) is 15.2. The van der Waals surface area contributed by atoms with Crippen LogP contribution in [-0.2, 0) is 25.0 Å². The minimum atomic E-state index is -2.92. The summed E-state index contributed by atoms with van der Waals surface area (Å²) in [5, 5.41) is 3.08. The third-order valence-corrected chi connectivity index (χ3v) is 10.9. The Hall–Kier alpha value is -3.40. The molecule has 1 aliphatic rings. The van der Waals surface area contributed by atoms with Gasteiger partial charge in [-0.15, -0.1) is 0 Å². The highest BCUT2D eigenvalue weighted by Crippen LogP contribution is 2.53. The molecule has 1 fully saturated rings. The minimum Gasteiger partial charge on any atom is -0.465 e.